The quantitative estimate of drug-likeness (QED) is 0.872. The lowest BCUT2D eigenvalue weighted by Crippen LogP contribution is -2.64. The van der Waals surface area contributed by atoms with E-state index in [0.717, 1.165) is 36.9 Å². The Morgan fingerprint density at radius 2 is 1.77 bits per heavy atom. The van der Waals surface area contributed by atoms with Crippen LogP contribution in [0.25, 0.3) is 0 Å². The molecule has 0 saturated carbocycles. The largest absolute Gasteiger partial charge is 0.374 e. The van der Waals surface area contributed by atoms with Crippen molar-refractivity contribution >= 4 is 5.91 Å². The fourth-order valence-electron chi connectivity index (χ4n) is 4.34. The molecule has 0 bridgehead atoms. The Kier molecular flexibility index (Phi) is 5.05. The van der Waals surface area contributed by atoms with Gasteiger partial charge in [-0.1, -0.05) is 60.7 Å². The van der Waals surface area contributed by atoms with E-state index < -0.39 is 5.54 Å². The number of fused-ring (bicyclic) bond motifs is 1. The second-order valence-electron chi connectivity index (χ2n) is 7.45. The minimum Gasteiger partial charge on any atom is -0.374 e. The van der Waals surface area contributed by atoms with Crippen LogP contribution in [0.5, 0.6) is 0 Å². The maximum Gasteiger partial charge on any atom is 0.238 e. The van der Waals surface area contributed by atoms with Gasteiger partial charge in [-0.2, -0.15) is 0 Å². The maximum atomic E-state index is 12.8. The maximum absolute atomic E-state index is 12.8. The lowest BCUT2D eigenvalue weighted by Gasteiger charge is -2.47. The van der Waals surface area contributed by atoms with E-state index in [4.69, 9.17) is 4.74 Å². The van der Waals surface area contributed by atoms with Gasteiger partial charge in [0, 0.05) is 0 Å². The molecule has 2 saturated heterocycles. The summed E-state index contributed by atoms with van der Waals surface area (Å²) in [5.74, 6) is 0.464. The summed E-state index contributed by atoms with van der Waals surface area (Å²) < 4.78 is 6.11. The van der Waals surface area contributed by atoms with Crippen LogP contribution < -0.4 is 10.6 Å². The molecule has 2 heterocycles. The molecule has 2 fully saturated rings. The highest BCUT2D eigenvalue weighted by Crippen LogP contribution is 2.37. The highest BCUT2D eigenvalue weighted by molar-refractivity contribution is 5.84. The monoisotopic (exact) mass is 350 g/mol. The van der Waals surface area contributed by atoms with E-state index in [1.54, 1.807) is 0 Å². The Morgan fingerprint density at radius 1 is 1.04 bits per heavy atom. The predicted molar refractivity (Wildman–Crippen MR) is 101 cm³/mol. The van der Waals surface area contributed by atoms with E-state index in [9.17, 15) is 4.79 Å². The highest BCUT2D eigenvalue weighted by atomic mass is 16.5. The highest BCUT2D eigenvalue weighted by Gasteiger charge is 2.47. The van der Waals surface area contributed by atoms with Gasteiger partial charge < -0.3 is 15.4 Å². The van der Waals surface area contributed by atoms with Gasteiger partial charge in [-0.05, 0) is 42.9 Å². The third kappa shape index (κ3) is 3.53. The zero-order valence-corrected chi connectivity index (χ0v) is 15.0. The van der Waals surface area contributed by atoms with E-state index in [-0.39, 0.29) is 11.9 Å². The van der Waals surface area contributed by atoms with Crippen molar-refractivity contribution in [3.05, 3.63) is 71.8 Å². The number of hydrogen-bond acceptors (Lipinski definition) is 3. The van der Waals surface area contributed by atoms with E-state index in [0.29, 0.717) is 19.1 Å². The van der Waals surface area contributed by atoms with Crippen LogP contribution in [0.1, 0.15) is 30.4 Å². The molecule has 26 heavy (non-hydrogen) atoms. The number of hydrogen-bond donors (Lipinski definition) is 2. The molecule has 1 amide bonds. The number of rotatable bonds is 5. The summed E-state index contributed by atoms with van der Waals surface area (Å²) in [4.78, 5) is 12.8. The normalized spacial score (nSPS) is 28.2. The van der Waals surface area contributed by atoms with E-state index in [1.807, 2.05) is 36.4 Å². The summed E-state index contributed by atoms with van der Waals surface area (Å²) in [7, 11) is 0. The molecule has 0 aliphatic carbocycles. The molecule has 4 rings (SSSR count). The number of ether oxygens (including phenoxy) is 1. The summed E-state index contributed by atoms with van der Waals surface area (Å²) in [5, 5.41) is 6.69. The lowest BCUT2D eigenvalue weighted by molar-refractivity contribution is -0.133. The Bertz CT molecular complexity index is 734. The topological polar surface area (TPSA) is 50.4 Å². The van der Waals surface area contributed by atoms with Crippen LogP contribution in [-0.4, -0.2) is 25.1 Å². The standard InChI is InChI=1S/C22H26N2O2/c25-21-20-18(10-7-13-23-20)14-22(24-21,19-11-5-2-6-12-19)16-26-15-17-8-3-1-4-9-17/h1-6,8-9,11-12,18,20,23H,7,10,13-16H2,(H,24,25)/t18-,20-,22-/m1/s1. The molecule has 0 unspecified atom stereocenters. The average molecular weight is 350 g/mol. The van der Waals surface area contributed by atoms with Crippen molar-refractivity contribution in [1.82, 2.24) is 10.6 Å². The van der Waals surface area contributed by atoms with E-state index in [1.165, 1.54) is 0 Å². The SMILES string of the molecule is O=C1N[C@](COCc2ccccc2)(c2ccccc2)C[C@H]2CCCN[C@@H]12. The van der Waals surface area contributed by atoms with Crippen LogP contribution in [0.4, 0.5) is 0 Å². The summed E-state index contributed by atoms with van der Waals surface area (Å²) in [6, 6.07) is 20.4. The molecule has 0 radical (unpaired) electrons. The average Bonchev–Trinajstić information content (AvgIpc) is 2.70. The lowest BCUT2D eigenvalue weighted by atomic mass is 9.72. The first-order valence-corrected chi connectivity index (χ1v) is 9.49. The second-order valence-corrected chi connectivity index (χ2v) is 7.45. The van der Waals surface area contributed by atoms with Crippen LogP contribution >= 0.6 is 0 Å². The molecule has 2 N–H and O–H groups in total. The second kappa shape index (κ2) is 7.60. The molecule has 136 valence electrons. The van der Waals surface area contributed by atoms with Crippen LogP contribution in [0.3, 0.4) is 0 Å². The number of amides is 1. The van der Waals surface area contributed by atoms with Crippen LogP contribution in [0, 0.1) is 5.92 Å². The third-order valence-electron chi connectivity index (χ3n) is 5.63. The van der Waals surface area contributed by atoms with Crippen molar-refractivity contribution in [2.75, 3.05) is 13.2 Å². The molecule has 2 aliphatic heterocycles. The Hall–Kier alpha value is -2.17. The van der Waals surface area contributed by atoms with Crippen molar-refractivity contribution in [3.63, 3.8) is 0 Å². The van der Waals surface area contributed by atoms with Crippen molar-refractivity contribution in [1.29, 1.82) is 0 Å². The minimum atomic E-state index is -0.451. The first kappa shape index (κ1) is 17.3. The third-order valence-corrected chi connectivity index (χ3v) is 5.63. The van der Waals surface area contributed by atoms with Crippen molar-refractivity contribution in [2.45, 2.75) is 37.5 Å². The van der Waals surface area contributed by atoms with Gasteiger partial charge in [0.05, 0.1) is 24.8 Å². The Labute approximate surface area is 155 Å². The Morgan fingerprint density at radius 3 is 2.54 bits per heavy atom. The number of benzene rings is 2. The van der Waals surface area contributed by atoms with Gasteiger partial charge in [0.1, 0.15) is 0 Å². The number of nitrogens with one attached hydrogen (secondary N) is 2. The van der Waals surface area contributed by atoms with Crippen molar-refractivity contribution in [3.8, 4) is 0 Å². The number of carbonyl (C=O) groups is 1. The van der Waals surface area contributed by atoms with Gasteiger partial charge in [0.2, 0.25) is 5.91 Å². The summed E-state index contributed by atoms with van der Waals surface area (Å²) in [5.41, 5.74) is 1.83. The molecule has 0 aromatic heterocycles. The van der Waals surface area contributed by atoms with Gasteiger partial charge in [-0.25, -0.2) is 0 Å². The van der Waals surface area contributed by atoms with Gasteiger partial charge in [0.25, 0.3) is 0 Å². The van der Waals surface area contributed by atoms with Crippen LogP contribution in [0.15, 0.2) is 60.7 Å². The minimum absolute atomic E-state index is 0.0605. The van der Waals surface area contributed by atoms with Gasteiger partial charge in [-0.15, -0.1) is 0 Å². The predicted octanol–water partition coefficient (Wildman–Crippen LogP) is 2.99. The molecule has 2 aromatic rings. The molecule has 2 aromatic carbocycles. The van der Waals surface area contributed by atoms with Gasteiger partial charge >= 0.3 is 0 Å². The molecule has 4 heteroatoms. The zero-order valence-electron chi connectivity index (χ0n) is 15.0. The molecular formula is C22H26N2O2. The van der Waals surface area contributed by atoms with E-state index in [2.05, 4.69) is 34.9 Å². The summed E-state index contributed by atoms with van der Waals surface area (Å²) >= 11 is 0. The molecule has 4 nitrogen and oxygen atoms in total. The summed E-state index contributed by atoms with van der Waals surface area (Å²) in [6.45, 7) is 1.97. The van der Waals surface area contributed by atoms with Crippen LogP contribution in [0.2, 0.25) is 0 Å². The van der Waals surface area contributed by atoms with Crippen LogP contribution in [-0.2, 0) is 21.7 Å². The zero-order chi connectivity index (χ0) is 17.8. The number of carbonyl (C=O) groups excluding carboxylic acids is 1. The smallest absolute Gasteiger partial charge is 0.238 e. The first-order chi connectivity index (χ1) is 12.8. The molecule has 0 spiro atoms. The molecular weight excluding hydrogens is 324 g/mol. The van der Waals surface area contributed by atoms with E-state index >= 15 is 0 Å². The van der Waals surface area contributed by atoms with Gasteiger partial charge in [-0.3, -0.25) is 4.79 Å². The van der Waals surface area contributed by atoms with Crippen molar-refractivity contribution in [2.24, 2.45) is 5.92 Å². The number of piperidine rings is 2. The molecule has 2 aliphatic rings. The summed E-state index contributed by atoms with van der Waals surface area (Å²) in [6.07, 6.45) is 3.14. The fourth-order valence-corrected chi connectivity index (χ4v) is 4.34. The van der Waals surface area contributed by atoms with Gasteiger partial charge in [0.15, 0.2) is 0 Å². The Balaban J connectivity index is 1.55. The fraction of sp³-hybridized carbons (Fsp3) is 0.409. The first-order valence-electron chi connectivity index (χ1n) is 9.49. The molecule has 3 atom stereocenters. The van der Waals surface area contributed by atoms with Crippen molar-refractivity contribution < 1.29 is 9.53 Å².